The third kappa shape index (κ3) is 3.37. The van der Waals surface area contributed by atoms with Crippen LogP contribution in [0.5, 0.6) is 0 Å². The van der Waals surface area contributed by atoms with Gasteiger partial charge in [0.15, 0.2) is 10.8 Å². The van der Waals surface area contributed by atoms with E-state index in [4.69, 9.17) is 27.9 Å². The Kier molecular flexibility index (Phi) is 4.63. The van der Waals surface area contributed by atoms with Crippen molar-refractivity contribution < 1.29 is 9.53 Å². The summed E-state index contributed by atoms with van der Waals surface area (Å²) >= 11 is 13.3. The number of aromatic nitrogens is 1. The third-order valence-electron chi connectivity index (χ3n) is 2.18. The van der Waals surface area contributed by atoms with Gasteiger partial charge in [0.25, 0.3) is 0 Å². The summed E-state index contributed by atoms with van der Waals surface area (Å²) in [4.78, 5) is 15.6. The fraction of sp³-hybridized carbons (Fsp3) is 0.167. The number of carbonyl (C=O) groups excluding carboxylic acids is 1. The van der Waals surface area contributed by atoms with Crippen molar-refractivity contribution in [3.05, 3.63) is 39.3 Å². The zero-order valence-corrected chi connectivity index (χ0v) is 12.3. The second-order valence-corrected chi connectivity index (χ2v) is 5.13. The average molecular weight is 317 g/mol. The van der Waals surface area contributed by atoms with E-state index >= 15 is 0 Å². The summed E-state index contributed by atoms with van der Waals surface area (Å²) in [6.07, 6.45) is 0. The van der Waals surface area contributed by atoms with Gasteiger partial charge in [-0.05, 0) is 19.1 Å². The van der Waals surface area contributed by atoms with E-state index in [0.29, 0.717) is 27.5 Å². The molecule has 0 aliphatic rings. The maximum atomic E-state index is 11.5. The number of hydrogen-bond donors (Lipinski definition) is 1. The summed E-state index contributed by atoms with van der Waals surface area (Å²) in [5.41, 5.74) is 0.909. The third-order valence-corrected chi connectivity index (χ3v) is 3.76. The Hall–Kier alpha value is -1.30. The number of anilines is 2. The lowest BCUT2D eigenvalue weighted by Gasteiger charge is -2.05. The molecule has 0 radical (unpaired) electrons. The second-order valence-electron chi connectivity index (χ2n) is 3.48. The molecular weight excluding hydrogens is 307 g/mol. The van der Waals surface area contributed by atoms with Gasteiger partial charge in [-0.15, -0.1) is 11.3 Å². The number of carbonyl (C=O) groups is 1. The van der Waals surface area contributed by atoms with Crippen LogP contribution in [0, 0.1) is 0 Å². The zero-order chi connectivity index (χ0) is 13.8. The molecule has 2 rings (SSSR count). The van der Waals surface area contributed by atoms with E-state index in [1.54, 1.807) is 30.5 Å². The second kappa shape index (κ2) is 6.23. The topological polar surface area (TPSA) is 51.2 Å². The molecule has 1 aromatic heterocycles. The number of thiazole rings is 1. The van der Waals surface area contributed by atoms with Gasteiger partial charge in [0, 0.05) is 5.38 Å². The van der Waals surface area contributed by atoms with E-state index in [1.165, 1.54) is 11.3 Å². The number of nitrogens with one attached hydrogen (secondary N) is 1. The van der Waals surface area contributed by atoms with Gasteiger partial charge in [0.05, 0.1) is 22.3 Å². The van der Waals surface area contributed by atoms with Gasteiger partial charge >= 0.3 is 5.97 Å². The van der Waals surface area contributed by atoms with Gasteiger partial charge in [-0.1, -0.05) is 29.3 Å². The highest BCUT2D eigenvalue weighted by Gasteiger charge is 2.12. The number of nitrogens with zero attached hydrogens (tertiary/aromatic N) is 1. The van der Waals surface area contributed by atoms with Crippen LogP contribution < -0.4 is 5.32 Å². The number of ether oxygens (including phenoxy) is 1. The number of hydrogen-bond acceptors (Lipinski definition) is 5. The molecule has 0 amide bonds. The molecule has 1 heterocycles. The van der Waals surface area contributed by atoms with Crippen molar-refractivity contribution in [1.82, 2.24) is 4.98 Å². The van der Waals surface area contributed by atoms with Crippen LogP contribution >= 0.6 is 34.5 Å². The number of esters is 1. The maximum Gasteiger partial charge on any atom is 0.357 e. The Morgan fingerprint density at radius 2 is 2.26 bits per heavy atom. The molecule has 0 aliphatic carbocycles. The van der Waals surface area contributed by atoms with Crippen LogP contribution in [0.15, 0.2) is 23.6 Å². The van der Waals surface area contributed by atoms with E-state index in [9.17, 15) is 4.79 Å². The molecular formula is C12H10Cl2N2O2S. The average Bonchev–Trinajstić information content (AvgIpc) is 2.84. The first-order valence-corrected chi connectivity index (χ1v) is 7.09. The Balaban J connectivity index is 2.16. The lowest BCUT2D eigenvalue weighted by Crippen LogP contribution is -2.05. The smallest absolute Gasteiger partial charge is 0.357 e. The lowest BCUT2D eigenvalue weighted by atomic mass is 10.3. The Morgan fingerprint density at radius 3 is 3.00 bits per heavy atom. The molecule has 7 heteroatoms. The molecule has 19 heavy (non-hydrogen) atoms. The first-order valence-electron chi connectivity index (χ1n) is 5.45. The molecule has 0 unspecified atom stereocenters. The van der Waals surface area contributed by atoms with Gasteiger partial charge in [-0.3, -0.25) is 0 Å². The monoisotopic (exact) mass is 316 g/mol. The highest BCUT2D eigenvalue weighted by atomic mass is 35.5. The van der Waals surface area contributed by atoms with Crippen molar-refractivity contribution >= 4 is 51.3 Å². The minimum Gasteiger partial charge on any atom is -0.461 e. The predicted octanol–water partition coefficient (Wildman–Crippen LogP) is 4.37. The quantitative estimate of drug-likeness (QED) is 0.851. The molecule has 2 aromatic rings. The van der Waals surface area contributed by atoms with Crippen molar-refractivity contribution in [3.63, 3.8) is 0 Å². The van der Waals surface area contributed by atoms with E-state index in [0.717, 1.165) is 0 Å². The fourth-order valence-corrected chi connectivity index (χ4v) is 2.39. The summed E-state index contributed by atoms with van der Waals surface area (Å²) in [7, 11) is 0. The molecule has 1 aromatic carbocycles. The van der Waals surface area contributed by atoms with Crippen molar-refractivity contribution in [1.29, 1.82) is 0 Å². The molecule has 0 spiro atoms. The molecule has 100 valence electrons. The first-order chi connectivity index (χ1) is 9.11. The maximum absolute atomic E-state index is 11.5. The van der Waals surface area contributed by atoms with Crippen LogP contribution in [0.4, 0.5) is 10.8 Å². The molecule has 0 saturated carbocycles. The fourth-order valence-electron chi connectivity index (χ4n) is 1.35. The summed E-state index contributed by atoms with van der Waals surface area (Å²) in [5, 5.41) is 6.05. The molecule has 4 nitrogen and oxygen atoms in total. The summed E-state index contributed by atoms with van der Waals surface area (Å²) in [5.74, 6) is -0.441. The van der Waals surface area contributed by atoms with Crippen molar-refractivity contribution in [2.75, 3.05) is 11.9 Å². The van der Waals surface area contributed by atoms with Crippen LogP contribution in [0.25, 0.3) is 0 Å². The minimum atomic E-state index is -0.441. The Morgan fingerprint density at radius 1 is 1.47 bits per heavy atom. The summed E-state index contributed by atoms with van der Waals surface area (Å²) < 4.78 is 4.86. The summed E-state index contributed by atoms with van der Waals surface area (Å²) in [6, 6.07) is 5.25. The van der Waals surface area contributed by atoms with Crippen LogP contribution in [0.1, 0.15) is 17.4 Å². The van der Waals surface area contributed by atoms with E-state index in [-0.39, 0.29) is 5.69 Å². The zero-order valence-electron chi connectivity index (χ0n) is 9.94. The van der Waals surface area contributed by atoms with E-state index in [2.05, 4.69) is 10.3 Å². The van der Waals surface area contributed by atoms with Crippen molar-refractivity contribution in [2.24, 2.45) is 0 Å². The number of rotatable bonds is 4. The van der Waals surface area contributed by atoms with Crippen molar-refractivity contribution in [3.8, 4) is 0 Å². The van der Waals surface area contributed by atoms with Crippen LogP contribution in [-0.4, -0.2) is 17.6 Å². The Labute approximate surface area is 124 Å². The standard InChI is InChI=1S/C12H10Cl2N2O2S/c1-2-18-11(17)9-6-19-12(16-9)15-8-5-3-4-7(13)10(8)14/h3-6H,2H2,1H3,(H,15,16). The van der Waals surface area contributed by atoms with Gasteiger partial charge < -0.3 is 10.1 Å². The molecule has 0 fully saturated rings. The molecule has 1 N–H and O–H groups in total. The number of benzene rings is 1. The normalized spacial score (nSPS) is 10.3. The van der Waals surface area contributed by atoms with Gasteiger partial charge in [0.1, 0.15) is 0 Å². The Bertz CT molecular complexity index is 601. The molecule has 0 saturated heterocycles. The van der Waals surface area contributed by atoms with Crippen LogP contribution in [0.2, 0.25) is 10.0 Å². The lowest BCUT2D eigenvalue weighted by molar-refractivity contribution is 0.0520. The van der Waals surface area contributed by atoms with Gasteiger partial charge in [-0.25, -0.2) is 9.78 Å². The van der Waals surface area contributed by atoms with Crippen LogP contribution in [0.3, 0.4) is 0 Å². The molecule has 0 aliphatic heterocycles. The van der Waals surface area contributed by atoms with Gasteiger partial charge in [-0.2, -0.15) is 0 Å². The number of halogens is 2. The SMILES string of the molecule is CCOC(=O)c1csc(Nc2cccc(Cl)c2Cl)n1. The predicted molar refractivity (Wildman–Crippen MR) is 77.8 cm³/mol. The van der Waals surface area contributed by atoms with Gasteiger partial charge in [0.2, 0.25) is 0 Å². The van der Waals surface area contributed by atoms with Crippen molar-refractivity contribution in [2.45, 2.75) is 6.92 Å². The largest absolute Gasteiger partial charge is 0.461 e. The molecule has 0 atom stereocenters. The van der Waals surface area contributed by atoms with Crippen LogP contribution in [-0.2, 0) is 4.74 Å². The molecule has 0 bridgehead atoms. The van der Waals surface area contributed by atoms with E-state index in [1.807, 2.05) is 0 Å². The first kappa shape index (κ1) is 14.1. The minimum absolute atomic E-state index is 0.271. The highest BCUT2D eigenvalue weighted by molar-refractivity contribution is 7.14. The van der Waals surface area contributed by atoms with E-state index < -0.39 is 5.97 Å². The highest BCUT2D eigenvalue weighted by Crippen LogP contribution is 2.32. The summed E-state index contributed by atoms with van der Waals surface area (Å²) in [6.45, 7) is 2.06.